The first-order valence-corrected chi connectivity index (χ1v) is 0. The van der Waals surface area contributed by atoms with Gasteiger partial charge in [-0.05, 0) is 0 Å². The van der Waals surface area contributed by atoms with Crippen LogP contribution in [0.25, 0.3) is 0 Å². The third-order valence-corrected chi connectivity index (χ3v) is 0. The fourth-order valence-electron chi connectivity index (χ4n) is 0. The molecule has 4 heavy (non-hydrogen) atoms. The van der Waals surface area contributed by atoms with Gasteiger partial charge >= 0.3 is 111 Å². The zero-order valence-electron chi connectivity index (χ0n) is 2.88. The van der Waals surface area contributed by atoms with Gasteiger partial charge in [-0.15, -0.1) is 0 Å². The van der Waals surface area contributed by atoms with Gasteiger partial charge in [-0.3, -0.25) is 0 Å². The summed E-state index contributed by atoms with van der Waals surface area (Å²) in [7, 11) is 0. The number of halogens is 1. The van der Waals surface area contributed by atoms with Crippen LogP contribution in [0.2, 0.25) is 0 Å². The molecule has 0 spiro atoms. The average Bonchev–Trinajstić information content (AvgIpc) is 0. The van der Waals surface area contributed by atoms with Gasteiger partial charge in [0, 0.05) is 0 Å². The predicted molar refractivity (Wildman–Crippen MR) is 0 cm³/mol. The molecule has 0 saturated heterocycles. The van der Waals surface area contributed by atoms with E-state index in [0.29, 0.717) is 0 Å². The fraction of sp³-hybridized carbons (Fsp3) is 0. The minimum Gasteiger partial charge on any atom is -1.00 e. The van der Waals surface area contributed by atoms with Crippen molar-refractivity contribution in [1.82, 2.24) is 0 Å². The maximum absolute atomic E-state index is 0. The second-order valence-electron chi connectivity index (χ2n) is 0. The molecule has 0 aromatic carbocycles. The maximum atomic E-state index is 0. The van der Waals surface area contributed by atoms with Crippen LogP contribution < -0.4 is 74.9 Å². The molecule has 0 aliphatic rings. The normalized spacial score (nSPS) is 0. The summed E-state index contributed by atoms with van der Waals surface area (Å²) in [6.07, 6.45) is 0. The van der Waals surface area contributed by atoms with Crippen molar-refractivity contribution < 1.29 is 116 Å². The van der Waals surface area contributed by atoms with Crippen LogP contribution in [0.15, 0.2) is 0 Å². The summed E-state index contributed by atoms with van der Waals surface area (Å²) in [4.78, 5) is 0. The molecule has 0 nitrogen and oxygen atoms in total. The summed E-state index contributed by atoms with van der Waals surface area (Å²) in [5, 5.41) is 0. The van der Waals surface area contributed by atoms with Gasteiger partial charge in [0.25, 0.3) is 0 Å². The summed E-state index contributed by atoms with van der Waals surface area (Å²) < 4.78 is 0. The van der Waals surface area contributed by atoms with Crippen LogP contribution >= 0.6 is 0 Å². The molecule has 9 valence electrons. The van der Waals surface area contributed by atoms with Crippen molar-refractivity contribution in [3.8, 4) is 0 Å². The molecule has 0 rings (SSSR count). The summed E-state index contributed by atoms with van der Waals surface area (Å²) >= 11 is 0. The molecule has 0 bridgehead atoms. The molecule has 1 radical (unpaired) electrons. The molecule has 0 aliphatic carbocycles. The van der Waals surface area contributed by atoms with Crippen molar-refractivity contribution in [1.29, 1.82) is 0 Å². The van der Waals surface area contributed by atoms with Gasteiger partial charge in [0.1, 0.15) is 0 Å². The van der Waals surface area contributed by atoms with E-state index in [1.165, 1.54) is 0 Å². The molecule has 0 aromatic rings. The van der Waals surface area contributed by atoms with E-state index in [4.69, 9.17) is 0 Å². The summed E-state index contributed by atoms with van der Waals surface area (Å²) in [6.45, 7) is 0. The van der Waals surface area contributed by atoms with Crippen LogP contribution in [-0.4, -0.2) is 0 Å². The van der Waals surface area contributed by atoms with E-state index in [-0.39, 0.29) is 116 Å². The summed E-state index contributed by atoms with van der Waals surface area (Å²) in [5.41, 5.74) is 0. The molecule has 0 aromatic heterocycles. The summed E-state index contributed by atoms with van der Waals surface area (Å²) in [5.74, 6) is 0. The van der Waals surface area contributed by atoms with E-state index in [1.54, 1.807) is 0 Å². The molecule has 0 saturated carbocycles. The Morgan fingerprint density at radius 3 is 1.00 bits per heavy atom. The standard InChI is InChI=1S/FH.K.Li.Nd/h1H;;;/q;2*+1;+3/p-1. The van der Waals surface area contributed by atoms with Crippen molar-refractivity contribution >= 4 is 0 Å². The van der Waals surface area contributed by atoms with E-state index in [0.717, 1.165) is 0 Å². The SMILES string of the molecule is [F-].[K+].[Li+].[Nd+3]. The van der Waals surface area contributed by atoms with Gasteiger partial charge < -0.3 is 4.70 Å². The second-order valence-corrected chi connectivity index (χ2v) is 0. The third kappa shape index (κ3) is 9.10. The molecule has 4 heteroatoms. The number of hydrogen-bond donors (Lipinski definition) is 0. The smallest absolute Gasteiger partial charge is 1.00 e. The molecule has 0 heterocycles. The first kappa shape index (κ1) is 25.8. The van der Waals surface area contributed by atoms with Gasteiger partial charge in [-0.25, -0.2) is 0 Å². The second kappa shape index (κ2) is 16.0. The van der Waals surface area contributed by atoms with Crippen LogP contribution in [0, 0.1) is 40.8 Å². The van der Waals surface area contributed by atoms with Crippen molar-refractivity contribution in [2.75, 3.05) is 0 Å². The maximum Gasteiger partial charge on any atom is 3.00 e. The zero-order valence-corrected chi connectivity index (χ0v) is 9.21. The Kier molecular flexibility index (Phi) is 104. The van der Waals surface area contributed by atoms with Crippen molar-refractivity contribution in [3.05, 3.63) is 0 Å². The van der Waals surface area contributed by atoms with Crippen LogP contribution in [0.3, 0.4) is 0 Å². The van der Waals surface area contributed by atoms with E-state index >= 15 is 0 Å². The van der Waals surface area contributed by atoms with Crippen LogP contribution in [-0.2, 0) is 0 Å². The average molecular weight is 209 g/mol. The first-order chi connectivity index (χ1) is 0. The van der Waals surface area contributed by atoms with E-state index in [1.807, 2.05) is 0 Å². The minimum atomic E-state index is 0. The van der Waals surface area contributed by atoms with Gasteiger partial charge in [0.15, 0.2) is 0 Å². The Morgan fingerprint density at radius 1 is 1.00 bits per heavy atom. The van der Waals surface area contributed by atoms with Gasteiger partial charge in [-0.1, -0.05) is 0 Å². The third-order valence-electron chi connectivity index (χ3n) is 0. The molecule has 0 atom stereocenters. The van der Waals surface area contributed by atoms with Gasteiger partial charge in [0.05, 0.1) is 0 Å². The Balaban J connectivity index is 0. The van der Waals surface area contributed by atoms with E-state index < -0.39 is 0 Å². The predicted octanol–water partition coefficient (Wildman–Crippen LogP) is -8.99. The molecular formula is FKLiNd+4. The van der Waals surface area contributed by atoms with Gasteiger partial charge in [-0.2, -0.15) is 0 Å². The van der Waals surface area contributed by atoms with Crippen LogP contribution in [0.5, 0.6) is 0 Å². The fourth-order valence-corrected chi connectivity index (χ4v) is 0. The molecule has 0 aliphatic heterocycles. The number of hydrogen-bond acceptors (Lipinski definition) is 0. The molecule has 0 amide bonds. The largest absolute Gasteiger partial charge is 3.00 e. The topological polar surface area (TPSA) is 0 Å². The van der Waals surface area contributed by atoms with E-state index in [9.17, 15) is 0 Å². The zero-order chi connectivity index (χ0) is 0. The van der Waals surface area contributed by atoms with E-state index in [2.05, 4.69) is 0 Å². The Labute approximate surface area is 112 Å². The Morgan fingerprint density at radius 2 is 1.00 bits per heavy atom. The minimum absolute atomic E-state index is 0. The molecular weight excluding hydrogens is 209 g/mol. The van der Waals surface area contributed by atoms with Crippen LogP contribution in [0.4, 0.5) is 0 Å². The summed E-state index contributed by atoms with van der Waals surface area (Å²) in [6, 6.07) is 0. The Hall–Kier alpha value is 3.51. The molecule has 0 fully saturated rings. The van der Waals surface area contributed by atoms with Gasteiger partial charge in [0.2, 0.25) is 0 Å². The molecule has 0 N–H and O–H groups in total. The molecule has 0 unspecified atom stereocenters. The number of rotatable bonds is 0. The van der Waals surface area contributed by atoms with Crippen molar-refractivity contribution in [3.63, 3.8) is 0 Å². The first-order valence-electron chi connectivity index (χ1n) is 0. The monoisotopic (exact) mass is 207 g/mol. The van der Waals surface area contributed by atoms with Crippen molar-refractivity contribution in [2.45, 2.75) is 0 Å². The Bertz CT molecular complexity index is 8.00. The van der Waals surface area contributed by atoms with Crippen molar-refractivity contribution in [2.24, 2.45) is 0 Å². The quantitative estimate of drug-likeness (QED) is 0.348. The van der Waals surface area contributed by atoms with Crippen LogP contribution in [0.1, 0.15) is 0 Å².